The number of nitrogens with zero attached hydrogens (tertiary/aromatic N) is 2. The Labute approximate surface area is 147 Å². The Bertz CT molecular complexity index is 665. The lowest BCUT2D eigenvalue weighted by Crippen LogP contribution is -2.48. The average molecular weight is 345 g/mol. The standard InChI is InChI=1S/C18H24FN5O/c1-21-9-10-23-16(20)12-17(25)24-13-18(5-7-22-8-6-18)14-3-2-4-15(19)11-14/h2-4,9-11,22H,1,5-8,12-13H2,(H2,20,23)(H,24,25)/b10-9-. The molecule has 7 heteroatoms. The number of hydrogen-bond donors (Lipinski definition) is 3. The van der Waals surface area contributed by atoms with Gasteiger partial charge in [0.15, 0.2) is 0 Å². The van der Waals surface area contributed by atoms with Gasteiger partial charge >= 0.3 is 0 Å². The van der Waals surface area contributed by atoms with E-state index in [0.29, 0.717) is 6.54 Å². The first-order chi connectivity index (χ1) is 12.1. The minimum absolute atomic E-state index is 0.00103. The minimum Gasteiger partial charge on any atom is -0.387 e. The van der Waals surface area contributed by atoms with Crippen molar-refractivity contribution in [1.29, 1.82) is 0 Å². The van der Waals surface area contributed by atoms with Crippen molar-refractivity contribution < 1.29 is 9.18 Å². The first-order valence-corrected chi connectivity index (χ1v) is 8.22. The lowest BCUT2D eigenvalue weighted by Gasteiger charge is -2.38. The summed E-state index contributed by atoms with van der Waals surface area (Å²) in [7, 11) is 0. The number of nitrogens with two attached hydrogens (primary N) is 1. The molecule has 1 aliphatic rings. The van der Waals surface area contributed by atoms with E-state index in [4.69, 9.17) is 5.73 Å². The predicted octanol–water partition coefficient (Wildman–Crippen LogP) is 1.48. The van der Waals surface area contributed by atoms with Crippen molar-refractivity contribution in [2.45, 2.75) is 24.7 Å². The number of benzene rings is 1. The number of amides is 1. The van der Waals surface area contributed by atoms with Crippen molar-refractivity contribution >= 4 is 18.5 Å². The van der Waals surface area contributed by atoms with Crippen molar-refractivity contribution in [1.82, 2.24) is 10.6 Å². The molecule has 0 aliphatic carbocycles. The fourth-order valence-electron chi connectivity index (χ4n) is 3.01. The summed E-state index contributed by atoms with van der Waals surface area (Å²) in [4.78, 5) is 19.5. The second-order valence-electron chi connectivity index (χ2n) is 6.10. The van der Waals surface area contributed by atoms with Crippen LogP contribution in [0, 0.1) is 5.82 Å². The van der Waals surface area contributed by atoms with Crippen LogP contribution in [-0.4, -0.2) is 38.1 Å². The molecule has 0 unspecified atom stereocenters. The van der Waals surface area contributed by atoms with Crippen molar-refractivity contribution in [2.75, 3.05) is 19.6 Å². The van der Waals surface area contributed by atoms with Crippen LogP contribution < -0.4 is 16.4 Å². The van der Waals surface area contributed by atoms with E-state index in [1.165, 1.54) is 18.5 Å². The number of piperidine rings is 1. The van der Waals surface area contributed by atoms with Crippen LogP contribution >= 0.6 is 0 Å². The van der Waals surface area contributed by atoms with Crippen molar-refractivity contribution in [3.8, 4) is 0 Å². The van der Waals surface area contributed by atoms with E-state index < -0.39 is 0 Å². The van der Waals surface area contributed by atoms with Gasteiger partial charge in [-0.05, 0) is 50.3 Å². The molecule has 134 valence electrons. The summed E-state index contributed by atoms with van der Waals surface area (Å²) >= 11 is 0. The molecule has 0 spiro atoms. The molecule has 1 aromatic rings. The summed E-state index contributed by atoms with van der Waals surface area (Å²) in [5, 5.41) is 6.23. The van der Waals surface area contributed by atoms with Crippen molar-refractivity contribution in [3.63, 3.8) is 0 Å². The van der Waals surface area contributed by atoms with E-state index in [0.717, 1.165) is 31.5 Å². The largest absolute Gasteiger partial charge is 0.387 e. The number of nitrogens with one attached hydrogen (secondary N) is 2. The van der Waals surface area contributed by atoms with Crippen LogP contribution in [0.15, 0.2) is 46.7 Å². The van der Waals surface area contributed by atoms with Crippen molar-refractivity contribution in [3.05, 3.63) is 48.0 Å². The second kappa shape index (κ2) is 9.08. The zero-order chi connectivity index (χ0) is 18.1. The second-order valence-corrected chi connectivity index (χ2v) is 6.10. The van der Waals surface area contributed by atoms with E-state index in [9.17, 15) is 9.18 Å². The van der Waals surface area contributed by atoms with E-state index in [1.54, 1.807) is 12.1 Å². The summed E-state index contributed by atoms with van der Waals surface area (Å²) < 4.78 is 13.7. The van der Waals surface area contributed by atoms with Crippen LogP contribution in [0.2, 0.25) is 0 Å². The van der Waals surface area contributed by atoms with Gasteiger partial charge in [0.1, 0.15) is 11.7 Å². The highest BCUT2D eigenvalue weighted by Crippen LogP contribution is 2.33. The molecule has 2 rings (SSSR count). The number of halogens is 1. The number of amidine groups is 1. The fraction of sp³-hybridized carbons (Fsp3) is 0.389. The number of rotatable bonds is 7. The Morgan fingerprint density at radius 1 is 1.40 bits per heavy atom. The molecule has 0 bridgehead atoms. The van der Waals surface area contributed by atoms with Gasteiger partial charge in [0, 0.05) is 24.4 Å². The lowest BCUT2D eigenvalue weighted by atomic mass is 9.73. The highest BCUT2D eigenvalue weighted by atomic mass is 19.1. The Kier molecular flexibility index (Phi) is 6.82. The van der Waals surface area contributed by atoms with Gasteiger partial charge < -0.3 is 16.4 Å². The molecule has 25 heavy (non-hydrogen) atoms. The van der Waals surface area contributed by atoms with Crippen LogP contribution in [0.4, 0.5) is 4.39 Å². The number of carbonyl (C=O) groups is 1. The summed E-state index contributed by atoms with van der Waals surface area (Å²) in [6, 6.07) is 6.62. The van der Waals surface area contributed by atoms with Gasteiger partial charge in [0.05, 0.1) is 6.42 Å². The van der Waals surface area contributed by atoms with E-state index >= 15 is 0 Å². The first-order valence-electron chi connectivity index (χ1n) is 8.22. The zero-order valence-corrected chi connectivity index (χ0v) is 14.2. The molecule has 0 atom stereocenters. The van der Waals surface area contributed by atoms with Gasteiger partial charge in [-0.2, -0.15) is 0 Å². The molecule has 4 N–H and O–H groups in total. The number of carbonyl (C=O) groups excluding carboxylic acids is 1. The van der Waals surface area contributed by atoms with Crippen LogP contribution in [0.1, 0.15) is 24.8 Å². The molecule has 1 amide bonds. The first kappa shape index (κ1) is 18.8. The van der Waals surface area contributed by atoms with Gasteiger partial charge in [0.2, 0.25) is 5.91 Å². The quantitative estimate of drug-likeness (QED) is 0.516. The normalized spacial score (nSPS) is 17.4. The molecular formula is C18H24FN5O. The molecule has 1 aromatic carbocycles. The van der Waals surface area contributed by atoms with Crippen LogP contribution in [-0.2, 0) is 10.2 Å². The lowest BCUT2D eigenvalue weighted by molar-refractivity contribution is -0.120. The van der Waals surface area contributed by atoms with Gasteiger partial charge in [-0.15, -0.1) is 0 Å². The topological polar surface area (TPSA) is 91.9 Å². The predicted molar refractivity (Wildman–Crippen MR) is 98.1 cm³/mol. The molecule has 0 aromatic heterocycles. The summed E-state index contributed by atoms with van der Waals surface area (Å²) in [6.07, 6.45) is 4.43. The molecule has 6 nitrogen and oxygen atoms in total. The Morgan fingerprint density at radius 3 is 2.84 bits per heavy atom. The maximum Gasteiger partial charge on any atom is 0.227 e. The maximum atomic E-state index is 13.7. The Hall–Kier alpha value is -2.54. The van der Waals surface area contributed by atoms with E-state index in [-0.39, 0.29) is 29.4 Å². The maximum absolute atomic E-state index is 13.7. The highest BCUT2D eigenvalue weighted by molar-refractivity contribution is 5.99. The highest BCUT2D eigenvalue weighted by Gasteiger charge is 2.34. The smallest absolute Gasteiger partial charge is 0.227 e. The van der Waals surface area contributed by atoms with Crippen LogP contribution in [0.5, 0.6) is 0 Å². The molecule has 0 radical (unpaired) electrons. The summed E-state index contributed by atoms with van der Waals surface area (Å²) in [5.41, 5.74) is 6.34. The zero-order valence-electron chi connectivity index (χ0n) is 14.2. The monoisotopic (exact) mass is 345 g/mol. The third-order valence-electron chi connectivity index (χ3n) is 4.38. The van der Waals surface area contributed by atoms with Crippen LogP contribution in [0.25, 0.3) is 0 Å². The van der Waals surface area contributed by atoms with E-state index in [2.05, 4.69) is 27.3 Å². The SMILES string of the molecule is C=N/C=C\N=C(\N)CC(=O)NCC1(c2cccc(F)c2)CCNCC1. The third-order valence-corrected chi connectivity index (χ3v) is 4.38. The molecule has 1 aliphatic heterocycles. The van der Waals surface area contributed by atoms with Crippen molar-refractivity contribution in [2.24, 2.45) is 15.7 Å². The molecular weight excluding hydrogens is 321 g/mol. The fourth-order valence-corrected chi connectivity index (χ4v) is 3.01. The molecule has 1 saturated heterocycles. The Balaban J connectivity index is 2.03. The number of aliphatic imine (C=N–C) groups is 2. The Morgan fingerprint density at radius 2 is 2.16 bits per heavy atom. The summed E-state index contributed by atoms with van der Waals surface area (Å²) in [6.45, 7) is 5.38. The number of hydrogen-bond acceptors (Lipinski definition) is 4. The molecule has 1 heterocycles. The van der Waals surface area contributed by atoms with Gasteiger partial charge in [-0.3, -0.25) is 9.79 Å². The van der Waals surface area contributed by atoms with Gasteiger partial charge in [-0.1, -0.05) is 12.1 Å². The third kappa shape index (κ3) is 5.49. The van der Waals surface area contributed by atoms with Gasteiger partial charge in [-0.25, -0.2) is 9.38 Å². The molecule has 1 fully saturated rings. The van der Waals surface area contributed by atoms with Crippen LogP contribution in [0.3, 0.4) is 0 Å². The van der Waals surface area contributed by atoms with E-state index in [1.807, 2.05) is 6.07 Å². The minimum atomic E-state index is -0.276. The molecule has 0 saturated carbocycles. The van der Waals surface area contributed by atoms with Gasteiger partial charge in [0.25, 0.3) is 0 Å². The summed E-state index contributed by atoms with van der Waals surface area (Å²) in [5.74, 6) is -0.279. The average Bonchev–Trinajstić information content (AvgIpc) is 2.61.